The Bertz CT molecular complexity index is 390. The first-order chi connectivity index (χ1) is 8.42. The van der Waals surface area contributed by atoms with Crippen LogP contribution in [0.5, 0.6) is 0 Å². The Morgan fingerprint density at radius 1 is 1.56 bits per heavy atom. The van der Waals surface area contributed by atoms with Crippen LogP contribution in [0.15, 0.2) is 12.3 Å². The third-order valence-electron chi connectivity index (χ3n) is 1.92. The predicted molar refractivity (Wildman–Crippen MR) is 58.0 cm³/mol. The number of nitrogens with one attached hydrogen (secondary N) is 1. The van der Waals surface area contributed by atoms with Crippen LogP contribution < -0.4 is 5.32 Å². The summed E-state index contributed by atoms with van der Waals surface area (Å²) in [4.78, 5) is 11.3. The van der Waals surface area contributed by atoms with E-state index in [9.17, 15) is 18.0 Å². The molecule has 0 unspecified atom stereocenters. The number of hydrogen-bond acceptors (Lipinski definition) is 3. The van der Waals surface area contributed by atoms with Crippen LogP contribution >= 0.6 is 0 Å². The molecule has 1 amide bonds. The van der Waals surface area contributed by atoms with Crippen molar-refractivity contribution in [2.75, 3.05) is 18.5 Å². The lowest BCUT2D eigenvalue weighted by Crippen LogP contribution is -2.25. The van der Waals surface area contributed by atoms with E-state index in [-0.39, 0.29) is 0 Å². The van der Waals surface area contributed by atoms with E-state index in [1.807, 2.05) is 6.92 Å². The quantitative estimate of drug-likeness (QED) is 0.853. The number of aryl methyl sites for hydroxylation is 1. The van der Waals surface area contributed by atoms with Crippen LogP contribution in [-0.4, -0.2) is 35.1 Å². The predicted octanol–water partition coefficient (Wildman–Crippen LogP) is 1.81. The third kappa shape index (κ3) is 5.17. The highest BCUT2D eigenvalue weighted by atomic mass is 19.4. The van der Waals surface area contributed by atoms with E-state index in [2.05, 4.69) is 15.2 Å². The maximum absolute atomic E-state index is 11.8. The van der Waals surface area contributed by atoms with E-state index in [1.54, 1.807) is 10.7 Å². The molecule has 0 radical (unpaired) electrons. The van der Waals surface area contributed by atoms with Crippen molar-refractivity contribution in [2.45, 2.75) is 26.1 Å². The number of aromatic nitrogens is 2. The monoisotopic (exact) mass is 265 g/mol. The lowest BCUT2D eigenvalue weighted by Gasteiger charge is -2.09. The first kappa shape index (κ1) is 14.5. The number of anilines is 1. The van der Waals surface area contributed by atoms with Crippen LogP contribution in [0.1, 0.15) is 13.3 Å². The number of alkyl halides is 3. The third-order valence-corrected chi connectivity index (χ3v) is 1.92. The molecule has 5 nitrogen and oxygen atoms in total. The van der Waals surface area contributed by atoms with Crippen LogP contribution in [0.3, 0.4) is 0 Å². The number of rotatable bonds is 6. The number of amides is 1. The van der Waals surface area contributed by atoms with E-state index < -0.39 is 25.3 Å². The minimum Gasteiger partial charge on any atom is -0.362 e. The second-order valence-electron chi connectivity index (χ2n) is 3.60. The summed E-state index contributed by atoms with van der Waals surface area (Å²) >= 11 is 0. The average Bonchev–Trinajstić information content (AvgIpc) is 2.64. The van der Waals surface area contributed by atoms with E-state index in [0.29, 0.717) is 12.4 Å². The summed E-state index contributed by atoms with van der Waals surface area (Å²) in [7, 11) is 0. The van der Waals surface area contributed by atoms with Gasteiger partial charge in [0.25, 0.3) is 5.91 Å². The first-order valence-electron chi connectivity index (χ1n) is 5.38. The van der Waals surface area contributed by atoms with Gasteiger partial charge in [0.2, 0.25) is 0 Å². The highest BCUT2D eigenvalue weighted by Gasteiger charge is 2.27. The summed E-state index contributed by atoms with van der Waals surface area (Å²) in [6, 6.07) is 1.57. The van der Waals surface area contributed by atoms with Gasteiger partial charge in [0.15, 0.2) is 0 Å². The molecule has 0 aromatic carbocycles. The standard InChI is InChI=1S/C10H14F3N3O2/c1-2-5-16-8(3-4-14-16)15-9(17)6-18-7-10(11,12)13/h3-4H,2,5-7H2,1H3,(H,15,17). The van der Waals surface area contributed by atoms with Gasteiger partial charge in [-0.15, -0.1) is 0 Å². The van der Waals surface area contributed by atoms with Crippen molar-refractivity contribution in [1.82, 2.24) is 9.78 Å². The van der Waals surface area contributed by atoms with Crippen LogP contribution in [0.4, 0.5) is 19.0 Å². The summed E-state index contributed by atoms with van der Waals surface area (Å²) < 4.78 is 41.1. The van der Waals surface area contributed by atoms with Gasteiger partial charge in [-0.25, -0.2) is 4.68 Å². The van der Waals surface area contributed by atoms with E-state index >= 15 is 0 Å². The fourth-order valence-corrected chi connectivity index (χ4v) is 1.27. The fraction of sp³-hybridized carbons (Fsp3) is 0.600. The highest BCUT2D eigenvalue weighted by molar-refractivity contribution is 5.90. The summed E-state index contributed by atoms with van der Waals surface area (Å²) in [6.07, 6.45) is -2.10. The van der Waals surface area contributed by atoms with Gasteiger partial charge in [-0.2, -0.15) is 18.3 Å². The summed E-state index contributed by atoms with van der Waals surface area (Å²) in [5.74, 6) is -0.199. The van der Waals surface area contributed by atoms with Gasteiger partial charge in [-0.3, -0.25) is 4.79 Å². The second kappa shape index (κ2) is 6.39. The zero-order valence-electron chi connectivity index (χ0n) is 9.83. The molecule has 1 N–H and O–H groups in total. The van der Waals surface area contributed by atoms with Crippen molar-refractivity contribution in [3.63, 3.8) is 0 Å². The van der Waals surface area contributed by atoms with Gasteiger partial charge in [-0.1, -0.05) is 6.92 Å². The highest BCUT2D eigenvalue weighted by Crippen LogP contribution is 2.14. The Hall–Kier alpha value is -1.57. The van der Waals surface area contributed by atoms with Crippen LogP contribution in [-0.2, 0) is 16.1 Å². The molecule has 0 atom stereocenters. The molecular weight excluding hydrogens is 251 g/mol. The van der Waals surface area contributed by atoms with Gasteiger partial charge in [0.1, 0.15) is 19.0 Å². The van der Waals surface area contributed by atoms with Gasteiger partial charge >= 0.3 is 6.18 Å². The molecular formula is C10H14F3N3O2. The first-order valence-corrected chi connectivity index (χ1v) is 5.38. The largest absolute Gasteiger partial charge is 0.411 e. The zero-order chi connectivity index (χ0) is 13.6. The zero-order valence-corrected chi connectivity index (χ0v) is 9.83. The maximum atomic E-state index is 11.8. The maximum Gasteiger partial charge on any atom is 0.411 e. The molecule has 1 aromatic rings. The molecule has 102 valence electrons. The molecule has 0 aliphatic heterocycles. The molecule has 0 spiro atoms. The molecule has 0 saturated heterocycles. The molecule has 0 aliphatic rings. The normalized spacial score (nSPS) is 11.6. The number of halogens is 3. The molecule has 1 heterocycles. The molecule has 0 fully saturated rings. The van der Waals surface area contributed by atoms with Crippen LogP contribution in [0, 0.1) is 0 Å². The van der Waals surface area contributed by atoms with Gasteiger partial charge in [0, 0.05) is 12.6 Å². The minimum atomic E-state index is -4.43. The van der Waals surface area contributed by atoms with Crippen molar-refractivity contribution in [3.05, 3.63) is 12.3 Å². The van der Waals surface area contributed by atoms with Gasteiger partial charge < -0.3 is 10.1 Å². The van der Waals surface area contributed by atoms with Crippen molar-refractivity contribution in [2.24, 2.45) is 0 Å². The molecule has 8 heteroatoms. The molecule has 18 heavy (non-hydrogen) atoms. The van der Waals surface area contributed by atoms with E-state index in [0.717, 1.165) is 6.42 Å². The van der Waals surface area contributed by atoms with Gasteiger partial charge in [0.05, 0.1) is 6.20 Å². The van der Waals surface area contributed by atoms with Crippen molar-refractivity contribution in [1.29, 1.82) is 0 Å². The molecule has 1 rings (SSSR count). The summed E-state index contributed by atoms with van der Waals surface area (Å²) in [6.45, 7) is 0.483. The lowest BCUT2D eigenvalue weighted by molar-refractivity contribution is -0.174. The fourth-order valence-electron chi connectivity index (χ4n) is 1.27. The summed E-state index contributed by atoms with van der Waals surface area (Å²) in [5.41, 5.74) is 0. The van der Waals surface area contributed by atoms with Crippen LogP contribution in [0.25, 0.3) is 0 Å². The number of hydrogen-bond donors (Lipinski definition) is 1. The van der Waals surface area contributed by atoms with E-state index in [1.165, 1.54) is 6.20 Å². The van der Waals surface area contributed by atoms with Crippen LogP contribution in [0.2, 0.25) is 0 Å². The number of ether oxygens (including phenoxy) is 1. The average molecular weight is 265 g/mol. The smallest absolute Gasteiger partial charge is 0.362 e. The minimum absolute atomic E-state index is 0.442. The summed E-state index contributed by atoms with van der Waals surface area (Å²) in [5, 5.41) is 6.39. The SMILES string of the molecule is CCCn1nccc1NC(=O)COCC(F)(F)F. The molecule has 0 aliphatic carbocycles. The Morgan fingerprint density at radius 2 is 2.28 bits per heavy atom. The number of carbonyl (C=O) groups is 1. The van der Waals surface area contributed by atoms with Gasteiger partial charge in [-0.05, 0) is 6.42 Å². The van der Waals surface area contributed by atoms with Crippen molar-refractivity contribution < 1.29 is 22.7 Å². The Morgan fingerprint density at radius 3 is 2.89 bits per heavy atom. The van der Waals surface area contributed by atoms with Crippen molar-refractivity contribution >= 4 is 11.7 Å². The molecule has 1 aromatic heterocycles. The van der Waals surface area contributed by atoms with Crippen molar-refractivity contribution in [3.8, 4) is 0 Å². The lowest BCUT2D eigenvalue weighted by atomic mass is 10.5. The Labute approximate surface area is 102 Å². The second-order valence-corrected chi connectivity index (χ2v) is 3.60. The Balaban J connectivity index is 2.37. The molecule has 0 bridgehead atoms. The number of carbonyl (C=O) groups excluding carboxylic acids is 1. The molecule has 0 saturated carbocycles. The topological polar surface area (TPSA) is 56.2 Å². The number of nitrogens with zero attached hydrogens (tertiary/aromatic N) is 2. The van der Waals surface area contributed by atoms with E-state index in [4.69, 9.17) is 0 Å². The Kier molecular flexibility index (Phi) is 5.14.